The van der Waals surface area contributed by atoms with E-state index in [0.29, 0.717) is 0 Å². The summed E-state index contributed by atoms with van der Waals surface area (Å²) in [6, 6.07) is 2.88. The summed E-state index contributed by atoms with van der Waals surface area (Å²) in [6.45, 7) is 5.52. The lowest BCUT2D eigenvalue weighted by Crippen LogP contribution is -2.47. The third-order valence-corrected chi connectivity index (χ3v) is 4.26. The van der Waals surface area contributed by atoms with Gasteiger partial charge in [0.25, 0.3) is 0 Å². The molecule has 0 amide bonds. The minimum atomic E-state index is -0.346. The smallest absolute Gasteiger partial charge is 0.133 e. The van der Waals surface area contributed by atoms with Gasteiger partial charge in [0.05, 0.1) is 6.07 Å². The first-order valence-corrected chi connectivity index (χ1v) is 7.23. The Labute approximate surface area is 109 Å². The van der Waals surface area contributed by atoms with Crippen LogP contribution in [0.5, 0.6) is 0 Å². The van der Waals surface area contributed by atoms with Crippen molar-refractivity contribution in [1.82, 2.24) is 9.80 Å². The third kappa shape index (κ3) is 3.84. The first-order valence-electron chi connectivity index (χ1n) is 6.79. The number of nitrogens with zero attached hydrogens (tertiary/aromatic N) is 3. The molecule has 0 N–H and O–H groups in total. The molecule has 2 heterocycles. The Balaban J connectivity index is 1.72. The number of alkyl halides is 1. The largest absolute Gasteiger partial charge is 0.301 e. The van der Waals surface area contributed by atoms with Gasteiger partial charge in [-0.2, -0.15) is 5.26 Å². The lowest BCUT2D eigenvalue weighted by Gasteiger charge is -2.40. The third-order valence-electron chi connectivity index (χ3n) is 4.02. The van der Waals surface area contributed by atoms with Crippen molar-refractivity contribution in [3.8, 4) is 6.07 Å². The van der Waals surface area contributed by atoms with Crippen LogP contribution in [0.4, 0.5) is 0 Å². The van der Waals surface area contributed by atoms with Gasteiger partial charge in [-0.3, -0.25) is 0 Å². The molecule has 0 aromatic heterocycles. The molecule has 1 unspecified atom stereocenters. The van der Waals surface area contributed by atoms with Crippen molar-refractivity contribution in [2.75, 3.05) is 32.7 Å². The Kier molecular flexibility index (Phi) is 5.09. The molecule has 1 atom stereocenters. The maximum absolute atomic E-state index is 8.70. The number of likely N-dealkylation sites (tertiary alicyclic amines) is 2. The fourth-order valence-corrected chi connectivity index (χ4v) is 3.21. The van der Waals surface area contributed by atoms with E-state index in [1.165, 1.54) is 45.2 Å². The average Bonchev–Trinajstić information content (AvgIpc) is 2.40. The molecular weight excluding hydrogens is 234 g/mol. The predicted octanol–water partition coefficient (Wildman–Crippen LogP) is 2.07. The van der Waals surface area contributed by atoms with E-state index < -0.39 is 0 Å². The van der Waals surface area contributed by atoms with E-state index in [1.807, 2.05) is 0 Å². The molecular formula is C13H22ClN3. The molecule has 0 aromatic carbocycles. The van der Waals surface area contributed by atoms with Crippen LogP contribution < -0.4 is 0 Å². The zero-order valence-electron chi connectivity index (χ0n) is 10.4. The molecule has 0 aliphatic carbocycles. The number of rotatable bonds is 3. The van der Waals surface area contributed by atoms with Gasteiger partial charge in [0.2, 0.25) is 0 Å². The van der Waals surface area contributed by atoms with E-state index in [9.17, 15) is 0 Å². The van der Waals surface area contributed by atoms with Gasteiger partial charge >= 0.3 is 0 Å². The summed E-state index contributed by atoms with van der Waals surface area (Å²) < 4.78 is 0. The molecule has 17 heavy (non-hydrogen) atoms. The first kappa shape index (κ1) is 13.1. The first-order chi connectivity index (χ1) is 8.29. The Morgan fingerprint density at radius 3 is 2.35 bits per heavy atom. The van der Waals surface area contributed by atoms with Crippen LogP contribution in [0.25, 0.3) is 0 Å². The van der Waals surface area contributed by atoms with Crippen LogP contribution in [-0.4, -0.2) is 53.9 Å². The zero-order chi connectivity index (χ0) is 12.1. The lowest BCUT2D eigenvalue weighted by molar-refractivity contribution is 0.0939. The van der Waals surface area contributed by atoms with Crippen molar-refractivity contribution in [3.05, 3.63) is 0 Å². The fraction of sp³-hybridized carbons (Fsp3) is 0.923. The Morgan fingerprint density at radius 2 is 1.76 bits per heavy atom. The highest BCUT2D eigenvalue weighted by Crippen LogP contribution is 2.21. The van der Waals surface area contributed by atoms with Crippen LogP contribution in [0.3, 0.4) is 0 Å². The summed E-state index contributed by atoms with van der Waals surface area (Å²) in [7, 11) is 0. The average molecular weight is 256 g/mol. The standard InChI is InChI=1S/C13H22ClN3/c14-12(10-15)11-16-8-4-13(5-9-16)17-6-2-1-3-7-17/h12-13H,1-9,11H2. The van der Waals surface area contributed by atoms with E-state index in [1.54, 1.807) is 0 Å². The highest BCUT2D eigenvalue weighted by molar-refractivity contribution is 6.22. The van der Waals surface area contributed by atoms with Crippen LogP contribution in [0, 0.1) is 11.3 Å². The van der Waals surface area contributed by atoms with Crippen molar-refractivity contribution in [1.29, 1.82) is 5.26 Å². The van der Waals surface area contributed by atoms with Gasteiger partial charge in [-0.25, -0.2) is 0 Å². The van der Waals surface area contributed by atoms with Crippen molar-refractivity contribution >= 4 is 11.6 Å². The molecule has 3 nitrogen and oxygen atoms in total. The summed E-state index contributed by atoms with van der Waals surface area (Å²) in [6.07, 6.45) is 6.65. The van der Waals surface area contributed by atoms with Crippen molar-refractivity contribution < 1.29 is 0 Å². The van der Waals surface area contributed by atoms with Gasteiger partial charge in [0.1, 0.15) is 5.38 Å². The van der Waals surface area contributed by atoms with E-state index in [0.717, 1.165) is 25.7 Å². The van der Waals surface area contributed by atoms with Crippen LogP contribution in [-0.2, 0) is 0 Å². The van der Waals surface area contributed by atoms with E-state index in [4.69, 9.17) is 16.9 Å². The summed E-state index contributed by atoms with van der Waals surface area (Å²) in [5.41, 5.74) is 0. The summed E-state index contributed by atoms with van der Waals surface area (Å²) >= 11 is 5.87. The summed E-state index contributed by atoms with van der Waals surface area (Å²) in [4.78, 5) is 5.00. The van der Waals surface area contributed by atoms with Crippen molar-refractivity contribution in [2.24, 2.45) is 0 Å². The molecule has 0 bridgehead atoms. The monoisotopic (exact) mass is 255 g/mol. The van der Waals surface area contributed by atoms with Crippen molar-refractivity contribution in [2.45, 2.75) is 43.5 Å². The molecule has 0 radical (unpaired) electrons. The van der Waals surface area contributed by atoms with Gasteiger partial charge < -0.3 is 9.80 Å². The van der Waals surface area contributed by atoms with Gasteiger partial charge in [-0.15, -0.1) is 11.6 Å². The molecule has 2 aliphatic rings. The normalized spacial score (nSPS) is 26.6. The molecule has 96 valence electrons. The quantitative estimate of drug-likeness (QED) is 0.724. The Hall–Kier alpha value is -0.300. The second kappa shape index (κ2) is 6.58. The zero-order valence-corrected chi connectivity index (χ0v) is 11.2. The Morgan fingerprint density at radius 1 is 1.12 bits per heavy atom. The molecule has 2 rings (SSSR count). The fourth-order valence-electron chi connectivity index (χ4n) is 3.02. The van der Waals surface area contributed by atoms with Crippen LogP contribution in [0.1, 0.15) is 32.1 Å². The highest BCUT2D eigenvalue weighted by Gasteiger charge is 2.26. The van der Waals surface area contributed by atoms with Gasteiger partial charge in [0, 0.05) is 12.6 Å². The Bertz CT molecular complexity index is 262. The second-order valence-corrected chi connectivity index (χ2v) is 5.75. The highest BCUT2D eigenvalue weighted by atomic mass is 35.5. The second-order valence-electron chi connectivity index (χ2n) is 5.23. The molecule has 4 heteroatoms. The van der Waals surface area contributed by atoms with Gasteiger partial charge in [-0.1, -0.05) is 6.42 Å². The minimum absolute atomic E-state index is 0.346. The van der Waals surface area contributed by atoms with Crippen molar-refractivity contribution in [3.63, 3.8) is 0 Å². The van der Waals surface area contributed by atoms with E-state index in [2.05, 4.69) is 15.9 Å². The minimum Gasteiger partial charge on any atom is -0.301 e. The van der Waals surface area contributed by atoms with E-state index in [-0.39, 0.29) is 5.38 Å². The molecule has 2 saturated heterocycles. The lowest BCUT2D eigenvalue weighted by atomic mass is 10.00. The molecule has 2 aliphatic heterocycles. The summed E-state index contributed by atoms with van der Waals surface area (Å²) in [5, 5.41) is 8.36. The molecule has 2 fully saturated rings. The molecule has 0 spiro atoms. The van der Waals surface area contributed by atoms with Gasteiger partial charge in [0.15, 0.2) is 0 Å². The van der Waals surface area contributed by atoms with E-state index >= 15 is 0 Å². The predicted molar refractivity (Wildman–Crippen MR) is 70.1 cm³/mol. The number of nitriles is 1. The number of hydrogen-bond acceptors (Lipinski definition) is 3. The maximum Gasteiger partial charge on any atom is 0.133 e. The SMILES string of the molecule is N#CC(Cl)CN1CCC(N2CCCCC2)CC1. The van der Waals surface area contributed by atoms with Gasteiger partial charge in [-0.05, 0) is 51.9 Å². The summed E-state index contributed by atoms with van der Waals surface area (Å²) in [5.74, 6) is 0. The molecule has 0 aromatic rings. The number of piperidine rings is 2. The molecule has 0 saturated carbocycles. The van der Waals surface area contributed by atoms with Crippen LogP contribution in [0.15, 0.2) is 0 Å². The van der Waals surface area contributed by atoms with Crippen LogP contribution in [0.2, 0.25) is 0 Å². The van der Waals surface area contributed by atoms with Crippen LogP contribution >= 0.6 is 11.6 Å². The maximum atomic E-state index is 8.70. The number of hydrogen-bond donors (Lipinski definition) is 0. The number of halogens is 1. The topological polar surface area (TPSA) is 30.3 Å².